The molecular formula is C31H34O2. The summed E-state index contributed by atoms with van der Waals surface area (Å²) in [4.78, 5) is 0. The van der Waals surface area contributed by atoms with Crippen molar-refractivity contribution in [2.45, 2.75) is 58.8 Å². The van der Waals surface area contributed by atoms with Crippen LogP contribution in [0.5, 0.6) is 17.2 Å². The van der Waals surface area contributed by atoms with E-state index in [1.54, 1.807) is 0 Å². The summed E-state index contributed by atoms with van der Waals surface area (Å²) in [5.74, 6) is 2.19. The molecular weight excluding hydrogens is 404 g/mol. The number of aryl methyl sites for hydroxylation is 1. The van der Waals surface area contributed by atoms with E-state index in [9.17, 15) is 5.11 Å². The Morgan fingerprint density at radius 1 is 0.788 bits per heavy atom. The zero-order valence-corrected chi connectivity index (χ0v) is 19.8. The quantitative estimate of drug-likeness (QED) is 0.365. The van der Waals surface area contributed by atoms with Gasteiger partial charge in [-0.05, 0) is 97.0 Å². The van der Waals surface area contributed by atoms with E-state index in [4.69, 9.17) is 4.74 Å². The van der Waals surface area contributed by atoms with Gasteiger partial charge in [-0.25, -0.2) is 0 Å². The van der Waals surface area contributed by atoms with Crippen molar-refractivity contribution in [3.63, 3.8) is 0 Å². The number of allylic oxidation sites excluding steroid dienone is 4. The summed E-state index contributed by atoms with van der Waals surface area (Å²) in [5.41, 5.74) is 7.44. The standard InChI is InChI=1S/C31H34O2/c1-3-29-26(21-24-16-19-28(20-17-24)33-27-13-9-6-10-14-27)22-25(31(32)30(29)4-2)18-15-23-11-7-5-8-12-23/h6-7,9-14,16-17,19-20,22,32H,3-5,8,15,18,21H2,1-2H3. The molecule has 2 nitrogen and oxygen atoms in total. The van der Waals surface area contributed by atoms with Gasteiger partial charge in [-0.3, -0.25) is 0 Å². The van der Waals surface area contributed by atoms with Gasteiger partial charge in [0.2, 0.25) is 0 Å². The predicted octanol–water partition coefficient (Wildman–Crippen LogP) is 8.11. The molecule has 3 aromatic carbocycles. The molecule has 0 unspecified atom stereocenters. The predicted molar refractivity (Wildman–Crippen MR) is 137 cm³/mol. The maximum Gasteiger partial charge on any atom is 0.127 e. The lowest BCUT2D eigenvalue weighted by Gasteiger charge is -2.19. The normalized spacial score (nSPS) is 13.1. The number of hydrogen-bond donors (Lipinski definition) is 1. The first-order chi connectivity index (χ1) is 16.2. The van der Waals surface area contributed by atoms with Gasteiger partial charge in [0, 0.05) is 0 Å². The molecule has 0 atom stereocenters. The summed E-state index contributed by atoms with van der Waals surface area (Å²) >= 11 is 0. The van der Waals surface area contributed by atoms with Crippen LogP contribution >= 0.6 is 0 Å². The zero-order valence-electron chi connectivity index (χ0n) is 19.8. The minimum Gasteiger partial charge on any atom is -0.507 e. The van der Waals surface area contributed by atoms with E-state index >= 15 is 0 Å². The Hall–Kier alpha value is -3.26. The van der Waals surface area contributed by atoms with Crippen molar-refractivity contribution in [1.82, 2.24) is 0 Å². The summed E-state index contributed by atoms with van der Waals surface area (Å²) in [7, 11) is 0. The molecule has 1 aliphatic rings. The molecule has 1 aliphatic carbocycles. The van der Waals surface area contributed by atoms with Crippen LogP contribution in [0.25, 0.3) is 0 Å². The number of hydrogen-bond acceptors (Lipinski definition) is 2. The summed E-state index contributed by atoms with van der Waals surface area (Å²) in [6.45, 7) is 4.33. The highest BCUT2D eigenvalue weighted by atomic mass is 16.5. The average Bonchev–Trinajstić information content (AvgIpc) is 2.86. The van der Waals surface area contributed by atoms with E-state index in [0.717, 1.165) is 67.6 Å². The number of phenolic OH excluding ortho intramolecular Hbond substituents is 1. The second-order valence-corrected chi connectivity index (χ2v) is 8.70. The van der Waals surface area contributed by atoms with Crippen LogP contribution in [0.1, 0.15) is 60.9 Å². The number of rotatable bonds is 9. The second kappa shape index (κ2) is 11.0. The molecule has 0 fully saturated rings. The Balaban J connectivity index is 1.55. The van der Waals surface area contributed by atoms with E-state index < -0.39 is 0 Å². The lowest BCUT2D eigenvalue weighted by atomic mass is 9.88. The SMILES string of the molecule is CCc1c(Cc2ccc(Oc3ccccc3)cc2)cc(CCC2=CCCC=C2)c(O)c1CC. The van der Waals surface area contributed by atoms with Crippen LogP contribution < -0.4 is 4.74 Å². The smallest absolute Gasteiger partial charge is 0.127 e. The van der Waals surface area contributed by atoms with E-state index in [1.807, 2.05) is 42.5 Å². The zero-order chi connectivity index (χ0) is 23.0. The monoisotopic (exact) mass is 438 g/mol. The van der Waals surface area contributed by atoms with Crippen molar-refractivity contribution >= 4 is 0 Å². The number of para-hydroxylation sites is 1. The third-order valence-electron chi connectivity index (χ3n) is 6.45. The highest BCUT2D eigenvalue weighted by Crippen LogP contribution is 2.33. The molecule has 170 valence electrons. The summed E-state index contributed by atoms with van der Waals surface area (Å²) in [6.07, 6.45) is 13.6. The van der Waals surface area contributed by atoms with Gasteiger partial charge in [0.1, 0.15) is 17.2 Å². The fraction of sp³-hybridized carbons (Fsp3) is 0.290. The van der Waals surface area contributed by atoms with Gasteiger partial charge in [0.15, 0.2) is 0 Å². The van der Waals surface area contributed by atoms with Gasteiger partial charge >= 0.3 is 0 Å². The van der Waals surface area contributed by atoms with E-state index in [2.05, 4.69) is 50.3 Å². The summed E-state index contributed by atoms with van der Waals surface area (Å²) < 4.78 is 5.95. The van der Waals surface area contributed by atoms with Gasteiger partial charge in [0.05, 0.1) is 0 Å². The van der Waals surface area contributed by atoms with Gasteiger partial charge in [-0.1, -0.05) is 74.0 Å². The second-order valence-electron chi connectivity index (χ2n) is 8.70. The third-order valence-corrected chi connectivity index (χ3v) is 6.45. The fourth-order valence-corrected chi connectivity index (χ4v) is 4.72. The molecule has 0 saturated heterocycles. The Morgan fingerprint density at radius 3 is 2.18 bits per heavy atom. The highest BCUT2D eigenvalue weighted by Gasteiger charge is 2.16. The number of ether oxygens (including phenoxy) is 1. The van der Waals surface area contributed by atoms with Gasteiger partial charge in [0.25, 0.3) is 0 Å². The molecule has 0 spiro atoms. The van der Waals surface area contributed by atoms with Crippen molar-refractivity contribution in [2.24, 2.45) is 0 Å². The molecule has 0 heterocycles. The summed E-state index contributed by atoms with van der Waals surface area (Å²) in [6, 6.07) is 20.5. The van der Waals surface area contributed by atoms with Crippen molar-refractivity contribution in [2.75, 3.05) is 0 Å². The third kappa shape index (κ3) is 5.76. The largest absolute Gasteiger partial charge is 0.507 e. The minimum atomic E-state index is 0.505. The Morgan fingerprint density at radius 2 is 1.52 bits per heavy atom. The molecule has 3 aromatic rings. The van der Waals surface area contributed by atoms with E-state index in [1.165, 1.54) is 22.3 Å². The van der Waals surface area contributed by atoms with Crippen LogP contribution in [0.2, 0.25) is 0 Å². The van der Waals surface area contributed by atoms with Crippen LogP contribution in [0, 0.1) is 0 Å². The molecule has 2 heteroatoms. The molecule has 0 aliphatic heterocycles. The van der Waals surface area contributed by atoms with Crippen molar-refractivity contribution in [3.8, 4) is 17.2 Å². The molecule has 1 N–H and O–H groups in total. The fourth-order valence-electron chi connectivity index (χ4n) is 4.72. The maximum absolute atomic E-state index is 11.0. The molecule has 0 amide bonds. The Kier molecular flexibility index (Phi) is 7.67. The summed E-state index contributed by atoms with van der Waals surface area (Å²) in [5, 5.41) is 11.0. The molecule has 33 heavy (non-hydrogen) atoms. The Labute approximate surface area is 198 Å². The molecule has 0 saturated carbocycles. The number of phenols is 1. The van der Waals surface area contributed by atoms with E-state index in [-0.39, 0.29) is 0 Å². The van der Waals surface area contributed by atoms with Crippen LogP contribution in [-0.4, -0.2) is 5.11 Å². The average molecular weight is 439 g/mol. The number of aromatic hydroxyl groups is 1. The topological polar surface area (TPSA) is 29.5 Å². The van der Waals surface area contributed by atoms with Crippen LogP contribution in [-0.2, 0) is 25.7 Å². The molecule has 0 radical (unpaired) electrons. The van der Waals surface area contributed by atoms with Crippen LogP contribution in [0.3, 0.4) is 0 Å². The van der Waals surface area contributed by atoms with Gasteiger partial charge in [-0.2, -0.15) is 0 Å². The minimum absolute atomic E-state index is 0.505. The lowest BCUT2D eigenvalue weighted by Crippen LogP contribution is -2.04. The Bertz CT molecular complexity index is 1120. The first kappa shape index (κ1) is 22.9. The van der Waals surface area contributed by atoms with Gasteiger partial charge in [-0.15, -0.1) is 0 Å². The van der Waals surface area contributed by atoms with Crippen molar-refractivity contribution < 1.29 is 9.84 Å². The molecule has 0 aromatic heterocycles. The lowest BCUT2D eigenvalue weighted by molar-refractivity contribution is 0.460. The van der Waals surface area contributed by atoms with Crippen molar-refractivity contribution in [3.05, 3.63) is 112 Å². The van der Waals surface area contributed by atoms with E-state index in [0.29, 0.717) is 5.75 Å². The van der Waals surface area contributed by atoms with Gasteiger partial charge < -0.3 is 9.84 Å². The number of benzene rings is 3. The van der Waals surface area contributed by atoms with Crippen molar-refractivity contribution in [1.29, 1.82) is 0 Å². The molecule has 0 bridgehead atoms. The van der Waals surface area contributed by atoms with Crippen LogP contribution in [0.15, 0.2) is 84.5 Å². The highest BCUT2D eigenvalue weighted by molar-refractivity contribution is 5.52. The first-order valence-corrected chi connectivity index (χ1v) is 12.2. The molecule has 4 rings (SSSR count). The maximum atomic E-state index is 11.0. The van der Waals surface area contributed by atoms with Crippen LogP contribution in [0.4, 0.5) is 0 Å². The first-order valence-electron chi connectivity index (χ1n) is 12.2.